The van der Waals surface area contributed by atoms with Crippen LogP contribution in [0.2, 0.25) is 0 Å². The van der Waals surface area contributed by atoms with Gasteiger partial charge in [-0.05, 0) is 17.7 Å². The quantitative estimate of drug-likeness (QED) is 0.617. The molecular formula is C17H12N4O. The van der Waals surface area contributed by atoms with Crippen LogP contribution in [0.3, 0.4) is 0 Å². The Bertz CT molecular complexity index is 988. The Morgan fingerprint density at radius 3 is 2.59 bits per heavy atom. The molecule has 4 aromatic rings. The number of aromatic amines is 1. The normalized spacial score (nSPS) is 10.9. The van der Waals surface area contributed by atoms with Gasteiger partial charge in [-0.25, -0.2) is 9.67 Å². The van der Waals surface area contributed by atoms with Crippen LogP contribution in [0.5, 0.6) is 0 Å². The van der Waals surface area contributed by atoms with Gasteiger partial charge in [-0.15, -0.1) is 0 Å². The zero-order valence-electron chi connectivity index (χ0n) is 11.6. The van der Waals surface area contributed by atoms with Crippen LogP contribution in [0, 0.1) is 0 Å². The Morgan fingerprint density at radius 1 is 0.955 bits per heavy atom. The molecule has 22 heavy (non-hydrogen) atoms. The number of aromatic nitrogens is 4. The number of para-hydroxylation sites is 1. The third kappa shape index (κ3) is 2.00. The Morgan fingerprint density at radius 2 is 1.82 bits per heavy atom. The molecule has 0 atom stereocenters. The van der Waals surface area contributed by atoms with Gasteiger partial charge in [-0.1, -0.05) is 42.5 Å². The zero-order valence-corrected chi connectivity index (χ0v) is 11.6. The summed E-state index contributed by atoms with van der Waals surface area (Å²) in [5.41, 5.74) is 2.45. The molecule has 0 aliphatic rings. The van der Waals surface area contributed by atoms with Crippen molar-refractivity contribution in [3.63, 3.8) is 0 Å². The molecule has 0 aliphatic heterocycles. The lowest BCUT2D eigenvalue weighted by Gasteiger charge is -2.07. The first-order valence-electron chi connectivity index (χ1n) is 6.91. The molecule has 2 aromatic heterocycles. The van der Waals surface area contributed by atoms with Gasteiger partial charge >= 0.3 is 0 Å². The van der Waals surface area contributed by atoms with Crippen LogP contribution >= 0.6 is 0 Å². The molecule has 0 fully saturated rings. The minimum absolute atomic E-state index is 0.173. The molecule has 0 bridgehead atoms. The first kappa shape index (κ1) is 12.5. The van der Waals surface area contributed by atoms with Gasteiger partial charge < -0.3 is 0 Å². The molecule has 2 aromatic carbocycles. The summed E-state index contributed by atoms with van der Waals surface area (Å²) in [4.78, 5) is 19.7. The molecule has 0 radical (unpaired) electrons. The Hall–Kier alpha value is -3.21. The predicted octanol–water partition coefficient (Wildman–Crippen LogP) is 2.78. The zero-order chi connectivity index (χ0) is 14.9. The molecule has 4 rings (SSSR count). The topological polar surface area (TPSA) is 63.6 Å². The monoisotopic (exact) mass is 288 g/mol. The second-order valence-electron chi connectivity index (χ2n) is 4.91. The minimum atomic E-state index is -0.173. The maximum Gasteiger partial charge on any atom is 0.260 e. The molecule has 106 valence electrons. The van der Waals surface area contributed by atoms with Crippen molar-refractivity contribution in [1.29, 1.82) is 0 Å². The first-order valence-corrected chi connectivity index (χ1v) is 6.91. The van der Waals surface area contributed by atoms with Crippen LogP contribution in [-0.4, -0.2) is 19.7 Å². The fourth-order valence-corrected chi connectivity index (χ4v) is 2.50. The van der Waals surface area contributed by atoms with Gasteiger partial charge in [-0.2, -0.15) is 5.10 Å². The third-order valence-corrected chi connectivity index (χ3v) is 3.53. The standard InChI is InChI=1S/C17H12N4O/c22-16-14-9-4-8-13(12-6-2-1-3-7-12)15(14)19-17(20-16)21-11-5-10-18-21/h1-11H,(H,19,20,22). The highest BCUT2D eigenvalue weighted by atomic mass is 16.1. The molecule has 0 spiro atoms. The molecule has 0 aliphatic carbocycles. The van der Waals surface area contributed by atoms with Crippen LogP contribution in [-0.2, 0) is 0 Å². The summed E-state index contributed by atoms with van der Waals surface area (Å²) in [5.74, 6) is 0.408. The lowest BCUT2D eigenvalue weighted by Crippen LogP contribution is -2.14. The maximum absolute atomic E-state index is 12.3. The minimum Gasteiger partial charge on any atom is -0.290 e. The number of rotatable bonds is 2. The molecular weight excluding hydrogens is 276 g/mol. The highest BCUT2D eigenvalue weighted by Gasteiger charge is 2.10. The molecule has 0 amide bonds. The van der Waals surface area contributed by atoms with Crippen LogP contribution in [0.25, 0.3) is 28.0 Å². The lowest BCUT2D eigenvalue weighted by molar-refractivity contribution is 0.810. The number of benzene rings is 2. The van der Waals surface area contributed by atoms with E-state index < -0.39 is 0 Å². The van der Waals surface area contributed by atoms with Gasteiger partial charge in [0.15, 0.2) is 0 Å². The average Bonchev–Trinajstić information content (AvgIpc) is 3.10. The van der Waals surface area contributed by atoms with Crippen molar-refractivity contribution in [1.82, 2.24) is 19.7 Å². The van der Waals surface area contributed by atoms with E-state index >= 15 is 0 Å². The fraction of sp³-hybridized carbons (Fsp3) is 0. The number of hydrogen-bond acceptors (Lipinski definition) is 3. The van der Waals surface area contributed by atoms with Crippen LogP contribution in [0.1, 0.15) is 0 Å². The van der Waals surface area contributed by atoms with Crippen molar-refractivity contribution < 1.29 is 0 Å². The van der Waals surface area contributed by atoms with Crippen molar-refractivity contribution >= 4 is 10.9 Å². The van der Waals surface area contributed by atoms with Crippen molar-refractivity contribution in [2.75, 3.05) is 0 Å². The summed E-state index contributed by atoms with van der Waals surface area (Å²) in [6.45, 7) is 0. The summed E-state index contributed by atoms with van der Waals surface area (Å²) in [5, 5.41) is 4.69. The second kappa shape index (κ2) is 4.96. The number of nitrogens with one attached hydrogen (secondary N) is 1. The number of fused-ring (bicyclic) bond motifs is 1. The number of hydrogen-bond donors (Lipinski definition) is 1. The summed E-state index contributed by atoms with van der Waals surface area (Å²) in [6, 6.07) is 17.3. The largest absolute Gasteiger partial charge is 0.290 e. The van der Waals surface area contributed by atoms with Crippen molar-refractivity contribution in [2.24, 2.45) is 0 Å². The molecule has 5 nitrogen and oxygen atoms in total. The lowest BCUT2D eigenvalue weighted by atomic mass is 10.0. The fourth-order valence-electron chi connectivity index (χ4n) is 2.50. The van der Waals surface area contributed by atoms with E-state index in [1.54, 1.807) is 29.2 Å². The van der Waals surface area contributed by atoms with Gasteiger partial charge in [-0.3, -0.25) is 9.78 Å². The Labute approximate surface area is 125 Å². The molecule has 0 saturated heterocycles. The van der Waals surface area contributed by atoms with E-state index in [1.165, 1.54) is 0 Å². The average molecular weight is 288 g/mol. The molecule has 0 saturated carbocycles. The van der Waals surface area contributed by atoms with Crippen LogP contribution < -0.4 is 5.56 Å². The van der Waals surface area contributed by atoms with E-state index in [9.17, 15) is 4.79 Å². The summed E-state index contributed by atoms with van der Waals surface area (Å²) in [7, 11) is 0. The van der Waals surface area contributed by atoms with E-state index in [-0.39, 0.29) is 5.56 Å². The SMILES string of the molecule is O=c1[nH]c(-n2cccn2)nc2c(-c3ccccc3)cccc12. The smallest absolute Gasteiger partial charge is 0.260 e. The predicted molar refractivity (Wildman–Crippen MR) is 84.9 cm³/mol. The molecule has 2 heterocycles. The van der Waals surface area contributed by atoms with Crippen molar-refractivity contribution in [2.45, 2.75) is 0 Å². The highest BCUT2D eigenvalue weighted by Crippen LogP contribution is 2.25. The Balaban J connectivity index is 2.05. The molecule has 5 heteroatoms. The number of H-pyrrole nitrogens is 1. The van der Waals surface area contributed by atoms with E-state index in [0.29, 0.717) is 16.9 Å². The van der Waals surface area contributed by atoms with Gasteiger partial charge in [0.05, 0.1) is 10.9 Å². The highest BCUT2D eigenvalue weighted by molar-refractivity contribution is 5.93. The van der Waals surface area contributed by atoms with E-state index in [2.05, 4.69) is 15.1 Å². The van der Waals surface area contributed by atoms with Gasteiger partial charge in [0.1, 0.15) is 0 Å². The third-order valence-electron chi connectivity index (χ3n) is 3.53. The summed E-state index contributed by atoms with van der Waals surface area (Å²) in [6.07, 6.45) is 3.39. The first-order chi connectivity index (χ1) is 10.8. The van der Waals surface area contributed by atoms with Gasteiger partial charge in [0, 0.05) is 18.0 Å². The van der Waals surface area contributed by atoms with Gasteiger partial charge in [0.25, 0.3) is 5.56 Å². The summed E-state index contributed by atoms with van der Waals surface area (Å²) < 4.78 is 1.54. The summed E-state index contributed by atoms with van der Waals surface area (Å²) >= 11 is 0. The van der Waals surface area contributed by atoms with E-state index in [4.69, 9.17) is 0 Å². The molecule has 1 N–H and O–H groups in total. The van der Waals surface area contributed by atoms with E-state index in [1.807, 2.05) is 42.5 Å². The van der Waals surface area contributed by atoms with Crippen molar-refractivity contribution in [3.05, 3.63) is 77.3 Å². The number of nitrogens with zero attached hydrogens (tertiary/aromatic N) is 3. The van der Waals surface area contributed by atoms with Crippen molar-refractivity contribution in [3.8, 4) is 17.1 Å². The van der Waals surface area contributed by atoms with E-state index in [0.717, 1.165) is 11.1 Å². The van der Waals surface area contributed by atoms with Gasteiger partial charge in [0.2, 0.25) is 5.95 Å². The molecule has 0 unspecified atom stereocenters. The van der Waals surface area contributed by atoms with Crippen LogP contribution in [0.4, 0.5) is 0 Å². The van der Waals surface area contributed by atoms with Crippen LogP contribution in [0.15, 0.2) is 71.8 Å². The Kier molecular flexibility index (Phi) is 2.83. The maximum atomic E-state index is 12.3. The second-order valence-corrected chi connectivity index (χ2v) is 4.91.